The minimum Gasteiger partial charge on any atom is -0.341 e. The molecule has 3 unspecified atom stereocenters. The summed E-state index contributed by atoms with van der Waals surface area (Å²) >= 11 is 0. The Morgan fingerprint density at radius 3 is 2.58 bits per heavy atom. The minimum absolute atomic E-state index is 0.0600. The zero-order valence-electron chi connectivity index (χ0n) is 12.2. The number of nitrogens with zero attached hydrogens (tertiary/aromatic N) is 1. The van der Waals surface area contributed by atoms with Crippen molar-refractivity contribution in [2.45, 2.75) is 64.0 Å². The second-order valence-corrected chi connectivity index (χ2v) is 6.16. The van der Waals surface area contributed by atoms with Crippen molar-refractivity contribution in [1.82, 2.24) is 10.2 Å². The van der Waals surface area contributed by atoms with Crippen molar-refractivity contribution in [2.75, 3.05) is 19.6 Å². The van der Waals surface area contributed by atoms with Gasteiger partial charge in [-0.15, -0.1) is 0 Å². The van der Waals surface area contributed by atoms with Gasteiger partial charge in [0, 0.05) is 19.1 Å². The molecule has 3 atom stereocenters. The molecule has 0 aromatic rings. The number of nitrogens with one attached hydrogen (secondary N) is 1. The van der Waals surface area contributed by atoms with Crippen LogP contribution in [0.5, 0.6) is 0 Å². The lowest BCUT2D eigenvalue weighted by Gasteiger charge is -2.35. The molecule has 1 aliphatic heterocycles. The van der Waals surface area contributed by atoms with E-state index in [1.165, 1.54) is 32.1 Å². The van der Waals surface area contributed by atoms with Gasteiger partial charge in [0.1, 0.15) is 0 Å². The second kappa shape index (κ2) is 7.25. The Bertz CT molecular complexity index is 289. The van der Waals surface area contributed by atoms with Crippen LogP contribution in [0, 0.1) is 5.92 Å². The summed E-state index contributed by atoms with van der Waals surface area (Å²) in [5, 5.41) is 3.55. The van der Waals surface area contributed by atoms with Gasteiger partial charge in [0.15, 0.2) is 0 Å². The molecular weight excluding hydrogens is 238 g/mol. The number of hydrogen-bond acceptors (Lipinski definition) is 3. The maximum Gasteiger partial charge on any atom is 0.239 e. The molecule has 2 aliphatic rings. The molecule has 4 heteroatoms. The van der Waals surface area contributed by atoms with E-state index in [1.54, 1.807) is 0 Å². The van der Waals surface area contributed by atoms with Crippen molar-refractivity contribution in [3.8, 4) is 0 Å². The molecule has 3 N–H and O–H groups in total. The van der Waals surface area contributed by atoms with E-state index in [1.807, 2.05) is 11.8 Å². The van der Waals surface area contributed by atoms with Crippen molar-refractivity contribution in [2.24, 2.45) is 11.7 Å². The van der Waals surface area contributed by atoms with Gasteiger partial charge in [-0.2, -0.15) is 0 Å². The first-order valence-electron chi connectivity index (χ1n) is 7.97. The first-order chi connectivity index (χ1) is 9.22. The first-order valence-corrected chi connectivity index (χ1v) is 7.97. The molecule has 1 saturated carbocycles. The molecule has 0 radical (unpaired) electrons. The molecule has 0 spiro atoms. The van der Waals surface area contributed by atoms with Crippen LogP contribution >= 0.6 is 0 Å². The number of carbonyl (C=O) groups excluding carboxylic acids is 1. The van der Waals surface area contributed by atoms with Crippen LogP contribution in [0.1, 0.15) is 51.9 Å². The van der Waals surface area contributed by atoms with E-state index in [2.05, 4.69) is 5.32 Å². The second-order valence-electron chi connectivity index (χ2n) is 6.16. The first kappa shape index (κ1) is 14.8. The lowest BCUT2D eigenvalue weighted by molar-refractivity contribution is -0.134. The summed E-state index contributed by atoms with van der Waals surface area (Å²) < 4.78 is 0. The number of nitrogens with two attached hydrogens (primary N) is 1. The van der Waals surface area contributed by atoms with E-state index >= 15 is 0 Å². The SMILES string of the molecule is CC(NC1CCCCC1CN)C(=O)N1CCCCC1. The third-order valence-corrected chi connectivity index (χ3v) is 4.71. The predicted molar refractivity (Wildman–Crippen MR) is 77.8 cm³/mol. The third-order valence-electron chi connectivity index (χ3n) is 4.71. The zero-order chi connectivity index (χ0) is 13.7. The molecule has 2 fully saturated rings. The Morgan fingerprint density at radius 1 is 1.21 bits per heavy atom. The maximum atomic E-state index is 12.4. The van der Waals surface area contributed by atoms with Crippen molar-refractivity contribution >= 4 is 5.91 Å². The summed E-state index contributed by atoms with van der Waals surface area (Å²) in [6, 6.07) is 0.373. The van der Waals surface area contributed by atoms with Crippen molar-refractivity contribution in [1.29, 1.82) is 0 Å². The highest BCUT2D eigenvalue weighted by Gasteiger charge is 2.28. The largest absolute Gasteiger partial charge is 0.341 e. The standard InChI is InChI=1S/C15H29N3O/c1-12(15(19)18-9-5-2-6-10-18)17-14-8-4-3-7-13(14)11-16/h12-14,17H,2-11,16H2,1H3. The van der Waals surface area contributed by atoms with E-state index in [4.69, 9.17) is 5.73 Å². The van der Waals surface area contributed by atoms with E-state index in [0.29, 0.717) is 12.0 Å². The number of hydrogen-bond donors (Lipinski definition) is 2. The van der Waals surface area contributed by atoms with Crippen molar-refractivity contribution in [3.05, 3.63) is 0 Å². The Balaban J connectivity index is 1.84. The fourth-order valence-electron chi connectivity index (χ4n) is 3.49. The highest BCUT2D eigenvalue weighted by Crippen LogP contribution is 2.24. The molecule has 1 amide bonds. The summed E-state index contributed by atoms with van der Waals surface area (Å²) in [6.07, 6.45) is 8.51. The number of amides is 1. The van der Waals surface area contributed by atoms with Crippen LogP contribution in [-0.4, -0.2) is 42.5 Å². The Labute approximate surface area is 117 Å². The topological polar surface area (TPSA) is 58.4 Å². The molecule has 0 aromatic heterocycles. The van der Waals surface area contributed by atoms with Crippen LogP contribution in [-0.2, 0) is 4.79 Å². The molecule has 2 rings (SSSR count). The van der Waals surface area contributed by atoms with Crippen LogP contribution in [0.25, 0.3) is 0 Å². The summed E-state index contributed by atoms with van der Waals surface area (Å²) in [5.41, 5.74) is 5.85. The molecule has 19 heavy (non-hydrogen) atoms. The van der Waals surface area contributed by atoms with Gasteiger partial charge < -0.3 is 16.0 Å². The number of likely N-dealkylation sites (tertiary alicyclic amines) is 1. The molecule has 0 aromatic carbocycles. The summed E-state index contributed by atoms with van der Waals surface area (Å²) in [5.74, 6) is 0.825. The van der Waals surface area contributed by atoms with Gasteiger partial charge in [0.25, 0.3) is 0 Å². The number of rotatable bonds is 4. The third kappa shape index (κ3) is 3.93. The zero-order valence-corrected chi connectivity index (χ0v) is 12.2. The Morgan fingerprint density at radius 2 is 1.89 bits per heavy atom. The van der Waals surface area contributed by atoms with Crippen molar-refractivity contribution < 1.29 is 4.79 Å². The molecule has 1 heterocycles. The smallest absolute Gasteiger partial charge is 0.239 e. The van der Waals surface area contributed by atoms with Gasteiger partial charge in [-0.1, -0.05) is 12.8 Å². The normalized spacial score (nSPS) is 30.1. The van der Waals surface area contributed by atoms with E-state index in [-0.39, 0.29) is 11.9 Å². The fraction of sp³-hybridized carbons (Fsp3) is 0.933. The lowest BCUT2D eigenvalue weighted by atomic mass is 9.84. The van der Waals surface area contributed by atoms with Crippen LogP contribution in [0.3, 0.4) is 0 Å². The van der Waals surface area contributed by atoms with Crippen LogP contribution in [0.4, 0.5) is 0 Å². The van der Waals surface area contributed by atoms with Gasteiger partial charge >= 0.3 is 0 Å². The molecule has 4 nitrogen and oxygen atoms in total. The van der Waals surface area contributed by atoms with E-state index in [0.717, 1.165) is 32.5 Å². The molecule has 0 bridgehead atoms. The molecule has 1 saturated heterocycles. The minimum atomic E-state index is -0.0600. The average molecular weight is 267 g/mol. The average Bonchev–Trinajstić information content (AvgIpc) is 2.48. The van der Waals surface area contributed by atoms with Gasteiger partial charge in [-0.05, 0) is 51.5 Å². The van der Waals surface area contributed by atoms with E-state index < -0.39 is 0 Å². The quantitative estimate of drug-likeness (QED) is 0.811. The highest BCUT2D eigenvalue weighted by molar-refractivity contribution is 5.81. The van der Waals surface area contributed by atoms with E-state index in [9.17, 15) is 4.79 Å². The highest BCUT2D eigenvalue weighted by atomic mass is 16.2. The number of carbonyl (C=O) groups is 1. The lowest BCUT2D eigenvalue weighted by Crippen LogP contribution is -2.52. The fourth-order valence-corrected chi connectivity index (χ4v) is 3.49. The van der Waals surface area contributed by atoms with Crippen LogP contribution < -0.4 is 11.1 Å². The van der Waals surface area contributed by atoms with Crippen molar-refractivity contribution in [3.63, 3.8) is 0 Å². The Hall–Kier alpha value is -0.610. The molecular formula is C15H29N3O. The van der Waals surface area contributed by atoms with Gasteiger partial charge in [0.05, 0.1) is 6.04 Å². The maximum absolute atomic E-state index is 12.4. The molecule has 1 aliphatic carbocycles. The predicted octanol–water partition coefficient (Wildman–Crippen LogP) is 1.49. The van der Waals surface area contributed by atoms with Gasteiger partial charge in [0.2, 0.25) is 5.91 Å². The van der Waals surface area contributed by atoms with Gasteiger partial charge in [-0.3, -0.25) is 4.79 Å². The van der Waals surface area contributed by atoms with Crippen LogP contribution in [0.2, 0.25) is 0 Å². The monoisotopic (exact) mass is 267 g/mol. The Kier molecular flexibility index (Phi) is 5.64. The summed E-state index contributed by atoms with van der Waals surface area (Å²) in [4.78, 5) is 14.4. The molecule has 110 valence electrons. The van der Waals surface area contributed by atoms with Gasteiger partial charge in [-0.25, -0.2) is 0 Å². The number of piperidine rings is 1. The summed E-state index contributed by atoms with van der Waals surface area (Å²) in [7, 11) is 0. The van der Waals surface area contributed by atoms with Crippen LogP contribution in [0.15, 0.2) is 0 Å². The summed E-state index contributed by atoms with van der Waals surface area (Å²) in [6.45, 7) is 4.63.